The summed E-state index contributed by atoms with van der Waals surface area (Å²) in [7, 11) is 0. The molecular weight excluding hydrogens is 438 g/mol. The Morgan fingerprint density at radius 3 is 2.70 bits per heavy atom. The summed E-state index contributed by atoms with van der Waals surface area (Å²) in [4.78, 5) is 48.4. The lowest BCUT2D eigenvalue weighted by molar-refractivity contribution is -0.165. The molecule has 1 aliphatic rings. The number of nitrogens with one attached hydrogen (secondary N) is 2. The molecule has 12 heteroatoms. The third-order valence-corrected chi connectivity index (χ3v) is 4.69. The van der Waals surface area contributed by atoms with Crippen LogP contribution in [0.5, 0.6) is 0 Å². The molecule has 0 unspecified atom stereocenters. The van der Waals surface area contributed by atoms with Crippen molar-refractivity contribution >= 4 is 34.5 Å². The van der Waals surface area contributed by atoms with E-state index in [4.69, 9.17) is 11.3 Å². The maximum Gasteiger partial charge on any atom is 0.412 e. The highest BCUT2D eigenvalue weighted by molar-refractivity contribution is 6.08. The molecule has 0 aliphatic carbocycles. The highest BCUT2D eigenvalue weighted by Gasteiger charge is 2.53. The van der Waals surface area contributed by atoms with Gasteiger partial charge >= 0.3 is 18.3 Å². The molecule has 2 aromatic rings. The van der Waals surface area contributed by atoms with Crippen LogP contribution in [0.3, 0.4) is 0 Å². The Hall–Kier alpha value is -3.88. The van der Waals surface area contributed by atoms with Crippen LogP contribution < -0.4 is 10.6 Å². The van der Waals surface area contributed by atoms with Crippen molar-refractivity contribution in [2.75, 3.05) is 11.9 Å². The average Bonchev–Trinajstić information content (AvgIpc) is 3.04. The lowest BCUT2D eigenvalue weighted by Crippen LogP contribution is -2.48. The monoisotopic (exact) mass is 460 g/mol. The van der Waals surface area contributed by atoms with Gasteiger partial charge in [-0.1, -0.05) is 12.1 Å². The van der Waals surface area contributed by atoms with E-state index >= 15 is 0 Å². The van der Waals surface area contributed by atoms with E-state index in [-0.39, 0.29) is 33.6 Å². The predicted octanol–water partition coefficient (Wildman–Crippen LogP) is 3.17. The Morgan fingerprint density at radius 2 is 2.03 bits per heavy atom. The van der Waals surface area contributed by atoms with Crippen LogP contribution >= 0.6 is 0 Å². The number of aromatic nitrogens is 2. The van der Waals surface area contributed by atoms with E-state index in [9.17, 15) is 23.2 Å². The molecular formula is C21H22F2N6O4. The van der Waals surface area contributed by atoms with E-state index in [0.717, 1.165) is 6.33 Å². The molecule has 33 heavy (non-hydrogen) atoms. The van der Waals surface area contributed by atoms with Crippen molar-refractivity contribution in [1.29, 1.82) is 0 Å². The second kappa shape index (κ2) is 8.93. The second-order valence-electron chi connectivity index (χ2n) is 8.31. The number of fused-ring (bicyclic) bond motifs is 1. The summed E-state index contributed by atoms with van der Waals surface area (Å²) in [5.41, 5.74) is -0.324. The van der Waals surface area contributed by atoms with Crippen molar-refractivity contribution < 1.29 is 27.9 Å². The molecule has 1 fully saturated rings. The second-order valence-corrected chi connectivity index (χ2v) is 8.31. The maximum absolute atomic E-state index is 14.0. The van der Waals surface area contributed by atoms with E-state index in [1.165, 1.54) is 6.07 Å². The summed E-state index contributed by atoms with van der Waals surface area (Å²) in [6, 6.07) is 1.21. The largest absolute Gasteiger partial charge is 0.444 e. The fourth-order valence-electron chi connectivity index (χ4n) is 3.35. The highest BCUT2D eigenvalue weighted by Crippen LogP contribution is 2.37. The minimum absolute atomic E-state index is 0.115. The van der Waals surface area contributed by atoms with Crippen LogP contribution in [0.1, 0.15) is 44.1 Å². The van der Waals surface area contributed by atoms with Gasteiger partial charge in [0, 0.05) is 11.8 Å². The smallest absolute Gasteiger partial charge is 0.412 e. The number of anilines is 1. The number of amides is 3. The zero-order chi connectivity index (χ0) is 24.4. The molecule has 1 aromatic heterocycles. The Labute approximate surface area is 188 Å². The zero-order valence-corrected chi connectivity index (χ0v) is 18.2. The summed E-state index contributed by atoms with van der Waals surface area (Å²) >= 11 is 0. The van der Waals surface area contributed by atoms with Crippen LogP contribution in [-0.2, 0) is 9.53 Å². The van der Waals surface area contributed by atoms with Gasteiger partial charge < -0.3 is 10.1 Å². The summed E-state index contributed by atoms with van der Waals surface area (Å²) in [5, 5.41) is 5.10. The van der Waals surface area contributed by atoms with Crippen molar-refractivity contribution in [3.8, 4) is 0 Å². The standard InChI is InChI=1S/C21H22F2N6O4/c1-20(2,3)33-19(32)28-13-7-5-6-12-16(13)26-11-27-17(12)18(31)25-10-15(30)29-14(24-4)8-9-21(29,22)23/h5-7,11,14H,8-10H2,1-3H3,(H,25,31)(H,28,32)/t14-/m0/s1. The van der Waals surface area contributed by atoms with Gasteiger partial charge in [0.2, 0.25) is 0 Å². The van der Waals surface area contributed by atoms with Gasteiger partial charge in [0.15, 0.2) is 0 Å². The molecule has 10 nitrogen and oxygen atoms in total. The van der Waals surface area contributed by atoms with Gasteiger partial charge in [-0.2, -0.15) is 8.78 Å². The summed E-state index contributed by atoms with van der Waals surface area (Å²) in [5.74, 6) is -1.87. The minimum atomic E-state index is -3.44. The van der Waals surface area contributed by atoms with E-state index in [0.29, 0.717) is 0 Å². The number of ether oxygens (including phenoxy) is 1. The van der Waals surface area contributed by atoms with Gasteiger partial charge in [0.25, 0.3) is 11.8 Å². The lowest BCUT2D eigenvalue weighted by Gasteiger charge is -2.23. The van der Waals surface area contributed by atoms with Crippen LogP contribution in [0, 0.1) is 6.57 Å². The number of halogens is 2. The molecule has 1 aliphatic heterocycles. The SMILES string of the molecule is [C-]#[N+][C@@H]1CCC(F)(F)N1C(=O)CNC(=O)c1ncnc2c(NC(=O)OC(C)(C)C)cccc12. The maximum atomic E-state index is 14.0. The minimum Gasteiger partial charge on any atom is -0.444 e. The fourth-order valence-corrected chi connectivity index (χ4v) is 3.35. The van der Waals surface area contributed by atoms with E-state index in [1.54, 1.807) is 32.9 Å². The first kappa shape index (κ1) is 23.8. The van der Waals surface area contributed by atoms with Gasteiger partial charge in [-0.05, 0) is 26.8 Å². The number of hydrogen-bond donors (Lipinski definition) is 2. The summed E-state index contributed by atoms with van der Waals surface area (Å²) in [6.45, 7) is 11.4. The fraction of sp³-hybridized carbons (Fsp3) is 0.429. The number of rotatable bonds is 4. The van der Waals surface area contributed by atoms with Crippen molar-refractivity contribution in [3.05, 3.63) is 41.6 Å². The number of nitrogens with zero attached hydrogens (tertiary/aromatic N) is 4. The van der Waals surface area contributed by atoms with Crippen molar-refractivity contribution in [2.45, 2.75) is 51.4 Å². The Bertz CT molecular complexity index is 1140. The molecule has 0 bridgehead atoms. The van der Waals surface area contributed by atoms with Gasteiger partial charge in [0.05, 0.1) is 24.2 Å². The number of likely N-dealkylation sites (tertiary alicyclic amines) is 1. The highest BCUT2D eigenvalue weighted by atomic mass is 19.3. The molecule has 2 N–H and O–H groups in total. The Kier molecular flexibility index (Phi) is 6.44. The first-order valence-electron chi connectivity index (χ1n) is 10.0. The van der Waals surface area contributed by atoms with Crippen LogP contribution in [0.15, 0.2) is 24.5 Å². The molecule has 1 atom stereocenters. The molecule has 3 amide bonds. The molecule has 174 valence electrons. The Balaban J connectivity index is 1.77. The van der Waals surface area contributed by atoms with Crippen LogP contribution in [0.4, 0.5) is 19.3 Å². The number of para-hydroxylation sites is 1. The molecule has 0 spiro atoms. The first-order valence-corrected chi connectivity index (χ1v) is 10.0. The molecule has 0 saturated carbocycles. The molecule has 0 radical (unpaired) electrons. The zero-order valence-electron chi connectivity index (χ0n) is 18.2. The van der Waals surface area contributed by atoms with E-state index < -0.39 is 48.7 Å². The molecule has 1 saturated heterocycles. The number of carbonyl (C=O) groups excluding carboxylic acids is 3. The Morgan fingerprint density at radius 1 is 1.30 bits per heavy atom. The van der Waals surface area contributed by atoms with Crippen LogP contribution in [0.25, 0.3) is 15.7 Å². The van der Waals surface area contributed by atoms with E-state index in [2.05, 4.69) is 25.4 Å². The van der Waals surface area contributed by atoms with Crippen molar-refractivity contribution in [1.82, 2.24) is 20.2 Å². The van der Waals surface area contributed by atoms with Crippen LogP contribution in [0.2, 0.25) is 0 Å². The number of hydrogen-bond acceptors (Lipinski definition) is 6. The van der Waals surface area contributed by atoms with Gasteiger partial charge in [-0.15, -0.1) is 0 Å². The quantitative estimate of drug-likeness (QED) is 0.535. The predicted molar refractivity (Wildman–Crippen MR) is 113 cm³/mol. The normalized spacial score (nSPS) is 17.3. The average molecular weight is 460 g/mol. The third-order valence-electron chi connectivity index (χ3n) is 4.69. The lowest BCUT2D eigenvalue weighted by atomic mass is 10.1. The van der Waals surface area contributed by atoms with Crippen molar-refractivity contribution in [2.24, 2.45) is 0 Å². The van der Waals surface area contributed by atoms with E-state index in [1.807, 2.05) is 0 Å². The summed E-state index contributed by atoms with van der Waals surface area (Å²) in [6.07, 6.45) is -1.64. The van der Waals surface area contributed by atoms with Gasteiger partial charge in [-0.3, -0.25) is 19.8 Å². The molecule has 1 aromatic carbocycles. The van der Waals surface area contributed by atoms with Gasteiger partial charge in [-0.25, -0.2) is 26.2 Å². The van der Waals surface area contributed by atoms with Gasteiger partial charge in [0.1, 0.15) is 17.6 Å². The third kappa shape index (κ3) is 5.31. The van der Waals surface area contributed by atoms with Crippen molar-refractivity contribution in [3.63, 3.8) is 0 Å². The summed E-state index contributed by atoms with van der Waals surface area (Å²) < 4.78 is 33.2. The molecule has 3 rings (SSSR count). The number of alkyl halides is 2. The number of benzene rings is 1. The topological polar surface area (TPSA) is 118 Å². The molecule has 2 heterocycles. The first-order chi connectivity index (χ1) is 15.4. The van der Waals surface area contributed by atoms with Crippen LogP contribution in [-0.4, -0.2) is 57.1 Å². The number of carbonyl (C=O) groups is 3.